The molecule has 0 bridgehead atoms. The first-order chi connectivity index (χ1) is 14.2. The maximum atomic E-state index is 12.5. The number of fused-ring (bicyclic) bond motifs is 5. The van der Waals surface area contributed by atoms with Gasteiger partial charge in [-0.3, -0.25) is 0 Å². The van der Waals surface area contributed by atoms with Crippen LogP contribution in [0, 0.1) is 22.7 Å². The topological polar surface area (TPSA) is 108 Å². The number of aliphatic hydroxyl groups is 3. The Balaban J connectivity index is 1.58. The van der Waals surface area contributed by atoms with Crippen LogP contribution in [0.5, 0.6) is 0 Å². The second-order valence-corrected chi connectivity index (χ2v) is 10.3. The Bertz CT molecular complexity index is 933. The minimum absolute atomic E-state index is 0.128. The van der Waals surface area contributed by atoms with E-state index < -0.39 is 33.8 Å². The summed E-state index contributed by atoms with van der Waals surface area (Å²) >= 11 is 0. The molecular weight excluding hydrogens is 384 g/mol. The third-order valence-corrected chi connectivity index (χ3v) is 9.37. The Kier molecular flexibility index (Phi) is 4.28. The molecule has 3 saturated carbocycles. The molecule has 30 heavy (non-hydrogen) atoms. The van der Waals surface area contributed by atoms with Gasteiger partial charge in [0.15, 0.2) is 0 Å². The summed E-state index contributed by atoms with van der Waals surface area (Å²) in [7, 11) is 0. The maximum absolute atomic E-state index is 12.5. The van der Waals surface area contributed by atoms with Crippen molar-refractivity contribution < 1.29 is 24.5 Å². The lowest BCUT2D eigenvalue weighted by Gasteiger charge is -2.63. The van der Waals surface area contributed by atoms with E-state index in [1.165, 1.54) is 12.3 Å². The molecule has 4 aliphatic carbocycles. The monoisotopic (exact) mass is 414 g/mol. The number of allylic oxidation sites excluding steroid dienone is 1. The summed E-state index contributed by atoms with van der Waals surface area (Å²) in [5.41, 5.74) is -3.54. The van der Waals surface area contributed by atoms with Gasteiger partial charge in [0.05, 0.1) is 29.0 Å². The van der Waals surface area contributed by atoms with E-state index >= 15 is 0 Å². The summed E-state index contributed by atoms with van der Waals surface area (Å²) in [6.07, 6.45) is 9.27. The van der Waals surface area contributed by atoms with Crippen molar-refractivity contribution in [2.75, 3.05) is 0 Å². The van der Waals surface area contributed by atoms with Gasteiger partial charge in [-0.25, -0.2) is 4.79 Å². The van der Waals surface area contributed by atoms with Gasteiger partial charge >= 0.3 is 5.63 Å². The Hall–Kier alpha value is -1.76. The van der Waals surface area contributed by atoms with Crippen LogP contribution in [0.1, 0.15) is 63.4 Å². The Labute approximate surface area is 175 Å². The fourth-order valence-corrected chi connectivity index (χ4v) is 7.91. The lowest BCUT2D eigenvalue weighted by atomic mass is 9.42. The van der Waals surface area contributed by atoms with Crippen LogP contribution in [0.4, 0.5) is 0 Å². The van der Waals surface area contributed by atoms with E-state index in [1.807, 2.05) is 13.0 Å². The first-order valence-corrected chi connectivity index (χ1v) is 11.1. The molecular formula is C24H30O6. The molecule has 0 aromatic carbocycles. The molecule has 3 fully saturated rings. The Morgan fingerprint density at radius 1 is 1.13 bits per heavy atom. The predicted molar refractivity (Wildman–Crippen MR) is 109 cm³/mol. The van der Waals surface area contributed by atoms with Gasteiger partial charge in [-0.15, -0.1) is 0 Å². The second-order valence-electron chi connectivity index (χ2n) is 10.3. The highest BCUT2D eigenvalue weighted by Crippen LogP contribution is 2.70. The molecule has 8 atom stereocenters. The summed E-state index contributed by atoms with van der Waals surface area (Å²) in [4.78, 5) is 23.9. The number of aldehydes is 1. The summed E-state index contributed by atoms with van der Waals surface area (Å²) in [5, 5.41) is 34.6. The van der Waals surface area contributed by atoms with Crippen LogP contribution in [0.25, 0.3) is 0 Å². The average Bonchev–Trinajstić information content (AvgIpc) is 2.93. The van der Waals surface area contributed by atoms with E-state index in [0.29, 0.717) is 32.1 Å². The van der Waals surface area contributed by atoms with Crippen molar-refractivity contribution in [3.8, 4) is 0 Å². The van der Waals surface area contributed by atoms with E-state index in [2.05, 4.69) is 0 Å². The molecule has 3 N–H and O–H groups in total. The molecule has 1 aromatic rings. The van der Waals surface area contributed by atoms with E-state index in [9.17, 15) is 24.9 Å². The molecule has 162 valence electrons. The molecule has 4 aliphatic rings. The Morgan fingerprint density at radius 2 is 1.90 bits per heavy atom. The largest absolute Gasteiger partial charge is 0.431 e. The molecule has 1 heterocycles. The van der Waals surface area contributed by atoms with Crippen LogP contribution < -0.4 is 5.63 Å². The number of hydrogen-bond acceptors (Lipinski definition) is 6. The van der Waals surface area contributed by atoms with Crippen molar-refractivity contribution in [1.82, 2.24) is 0 Å². The number of hydrogen-bond donors (Lipinski definition) is 3. The van der Waals surface area contributed by atoms with Crippen LogP contribution >= 0.6 is 0 Å². The van der Waals surface area contributed by atoms with Gasteiger partial charge in [0.2, 0.25) is 0 Å². The van der Waals surface area contributed by atoms with E-state index in [4.69, 9.17) is 4.42 Å². The number of aliphatic hydroxyl groups excluding tert-OH is 1. The molecule has 0 amide bonds. The van der Waals surface area contributed by atoms with Crippen molar-refractivity contribution in [2.24, 2.45) is 22.7 Å². The second kappa shape index (κ2) is 6.38. The van der Waals surface area contributed by atoms with Crippen molar-refractivity contribution in [3.05, 3.63) is 46.5 Å². The molecule has 0 unspecified atom stereocenters. The highest BCUT2D eigenvalue weighted by atomic mass is 16.4. The lowest BCUT2D eigenvalue weighted by molar-refractivity contribution is -0.222. The van der Waals surface area contributed by atoms with Gasteiger partial charge in [-0.2, -0.15) is 0 Å². The molecule has 0 saturated heterocycles. The maximum Gasteiger partial charge on any atom is 0.335 e. The smallest absolute Gasteiger partial charge is 0.335 e. The number of carbonyl (C=O) groups is 1. The van der Waals surface area contributed by atoms with Gasteiger partial charge in [0.25, 0.3) is 0 Å². The van der Waals surface area contributed by atoms with Gasteiger partial charge in [-0.05, 0) is 62.0 Å². The van der Waals surface area contributed by atoms with Gasteiger partial charge in [-0.1, -0.05) is 19.1 Å². The lowest BCUT2D eigenvalue weighted by Crippen LogP contribution is -2.67. The summed E-state index contributed by atoms with van der Waals surface area (Å²) in [6, 6.07) is 3.03. The predicted octanol–water partition coefficient (Wildman–Crippen LogP) is 2.31. The fourth-order valence-electron chi connectivity index (χ4n) is 7.91. The summed E-state index contributed by atoms with van der Waals surface area (Å²) in [5.74, 6) is -0.660. The third kappa shape index (κ3) is 2.30. The van der Waals surface area contributed by atoms with Gasteiger partial charge < -0.3 is 24.5 Å². The molecule has 1 aromatic heterocycles. The first-order valence-electron chi connectivity index (χ1n) is 11.1. The number of carbonyl (C=O) groups excluding carboxylic acids is 1. The molecule has 0 radical (unpaired) electrons. The standard InChI is InChI=1S/C24H30O6/c1-21-10-6-16-17(7-11-23(28)9-3-2-8-22(16,23)14-25)24(21,29)12-18(26)20(21)15-4-5-19(27)30-13-15/h3-5,9,13-14,16-18,20,26,28-29H,2,6-8,10-12H2,1H3/t16-,17+,18-,20-,21+,22-,23-,24+/m0/s1. The zero-order valence-electron chi connectivity index (χ0n) is 17.3. The average molecular weight is 414 g/mol. The van der Waals surface area contributed by atoms with E-state index in [1.54, 1.807) is 12.1 Å². The van der Waals surface area contributed by atoms with Crippen LogP contribution in [-0.2, 0) is 4.79 Å². The highest BCUT2D eigenvalue weighted by Gasteiger charge is 2.72. The quantitative estimate of drug-likeness (QED) is 0.506. The Morgan fingerprint density at radius 3 is 2.60 bits per heavy atom. The molecule has 5 rings (SSSR count). The number of rotatable bonds is 2. The zero-order chi connectivity index (χ0) is 21.4. The van der Waals surface area contributed by atoms with Gasteiger partial charge in [0.1, 0.15) is 6.29 Å². The molecule has 6 heteroatoms. The molecule has 0 aliphatic heterocycles. The molecule has 6 nitrogen and oxygen atoms in total. The van der Waals surface area contributed by atoms with Crippen LogP contribution in [-0.4, -0.2) is 38.9 Å². The summed E-state index contributed by atoms with van der Waals surface area (Å²) in [6.45, 7) is 2.02. The van der Waals surface area contributed by atoms with Crippen molar-refractivity contribution in [1.29, 1.82) is 0 Å². The van der Waals surface area contributed by atoms with Crippen LogP contribution in [0.3, 0.4) is 0 Å². The minimum atomic E-state index is -1.16. The van der Waals surface area contributed by atoms with Crippen LogP contribution in [0.15, 0.2) is 39.8 Å². The zero-order valence-corrected chi connectivity index (χ0v) is 17.3. The van der Waals surface area contributed by atoms with Crippen molar-refractivity contribution in [2.45, 2.75) is 75.1 Å². The van der Waals surface area contributed by atoms with Crippen molar-refractivity contribution >= 4 is 6.29 Å². The summed E-state index contributed by atoms with van der Waals surface area (Å²) < 4.78 is 5.07. The SMILES string of the molecule is C[C@]12CC[C@H]3[C@@H](CC[C@@]4(O)C=CCC[C@]34C=O)[C@]1(O)C[C@H](O)[C@@H]2c1ccc(=O)oc1. The third-order valence-electron chi connectivity index (χ3n) is 9.37. The highest BCUT2D eigenvalue weighted by molar-refractivity contribution is 5.65. The first kappa shape index (κ1) is 20.2. The fraction of sp³-hybridized carbons (Fsp3) is 0.667. The van der Waals surface area contributed by atoms with E-state index in [-0.39, 0.29) is 24.2 Å². The normalized spacial score (nSPS) is 49.7. The van der Waals surface area contributed by atoms with Gasteiger partial charge in [0, 0.05) is 23.8 Å². The molecule has 0 spiro atoms. The van der Waals surface area contributed by atoms with E-state index in [0.717, 1.165) is 18.3 Å². The minimum Gasteiger partial charge on any atom is -0.431 e. The van der Waals surface area contributed by atoms with Crippen molar-refractivity contribution in [3.63, 3.8) is 0 Å². The van der Waals surface area contributed by atoms with Crippen LogP contribution in [0.2, 0.25) is 0 Å².